The molecule has 42 heavy (non-hydrogen) atoms. The molecule has 0 saturated carbocycles. The standard InChI is InChI=1S/C21H14N6O.2C2HF3O2/c1-28-17-5-4-12(10-22)9-15(17)21-26-18-13-6-8-23-11-16(13)25-20-14(19(18)27-21)3-2-7-24-20;2*3-2(4,5)1(6)7/h2-9,11H,1H3,(H,24,25)(H,26,27);2*(H,6,7). The van der Waals surface area contributed by atoms with E-state index in [2.05, 4.69) is 26.3 Å². The van der Waals surface area contributed by atoms with Gasteiger partial charge in [0.1, 0.15) is 23.1 Å². The number of benzene rings is 1. The first-order valence-corrected chi connectivity index (χ1v) is 11.1. The summed E-state index contributed by atoms with van der Waals surface area (Å²) in [5.74, 6) is -3.54. The Bertz CT molecular complexity index is 1580. The third kappa shape index (κ3) is 7.10. The van der Waals surface area contributed by atoms with Crippen LogP contribution in [0.2, 0.25) is 0 Å². The van der Waals surface area contributed by atoms with E-state index in [1.54, 1.807) is 43.9 Å². The van der Waals surface area contributed by atoms with E-state index >= 15 is 0 Å². The molecule has 218 valence electrons. The minimum absolute atomic E-state index is 0.538. The van der Waals surface area contributed by atoms with Crippen LogP contribution in [0, 0.1) is 11.3 Å². The summed E-state index contributed by atoms with van der Waals surface area (Å²) < 4.78 is 69.0. The number of H-pyrrole nitrogens is 1. The van der Waals surface area contributed by atoms with Crippen LogP contribution in [-0.4, -0.2) is 61.5 Å². The number of nitrogens with zero attached hydrogens (tertiary/aromatic N) is 4. The number of aliphatic carboxylic acids is 2. The quantitative estimate of drug-likeness (QED) is 0.194. The van der Waals surface area contributed by atoms with Crippen molar-refractivity contribution in [3.8, 4) is 45.7 Å². The van der Waals surface area contributed by atoms with Crippen molar-refractivity contribution in [3.63, 3.8) is 0 Å². The number of methoxy groups -OCH3 is 1. The lowest BCUT2D eigenvalue weighted by Gasteiger charge is -2.09. The van der Waals surface area contributed by atoms with Gasteiger partial charge in [-0.25, -0.2) is 19.6 Å². The molecular formula is C25H16F6N6O5. The van der Waals surface area contributed by atoms with Gasteiger partial charge in [-0.1, -0.05) is 0 Å². The van der Waals surface area contributed by atoms with Gasteiger partial charge in [0.25, 0.3) is 0 Å². The van der Waals surface area contributed by atoms with Gasteiger partial charge in [-0.05, 0) is 36.4 Å². The number of halogens is 6. The van der Waals surface area contributed by atoms with Crippen molar-refractivity contribution < 1.29 is 50.9 Å². The van der Waals surface area contributed by atoms with Gasteiger partial charge >= 0.3 is 24.3 Å². The van der Waals surface area contributed by atoms with Gasteiger partial charge < -0.3 is 25.3 Å². The SMILES string of the molecule is COc1ccc(C#N)cc1-c1nc2c([nH]1)-c1ccncc1Nc1ncccc1-2.O=C(O)C(F)(F)F.O=C(O)C(F)(F)F. The number of ether oxygens (including phenoxy) is 1. The van der Waals surface area contributed by atoms with Crippen molar-refractivity contribution in [1.29, 1.82) is 5.26 Å². The first-order chi connectivity index (χ1) is 19.7. The minimum atomic E-state index is -5.08. The summed E-state index contributed by atoms with van der Waals surface area (Å²) >= 11 is 0. The van der Waals surface area contributed by atoms with E-state index in [9.17, 15) is 31.6 Å². The largest absolute Gasteiger partial charge is 0.496 e. The van der Waals surface area contributed by atoms with E-state index in [0.29, 0.717) is 23.0 Å². The number of fused-ring (bicyclic) bond motifs is 5. The molecule has 5 rings (SSSR count). The summed E-state index contributed by atoms with van der Waals surface area (Å²) in [6, 6.07) is 13.2. The number of aromatic amines is 1. The molecule has 11 nitrogen and oxygen atoms in total. The Morgan fingerprint density at radius 2 is 1.60 bits per heavy atom. The van der Waals surface area contributed by atoms with Crippen LogP contribution < -0.4 is 10.1 Å². The Hall–Kier alpha value is -5.66. The van der Waals surface area contributed by atoms with Crippen molar-refractivity contribution in [2.24, 2.45) is 0 Å². The number of alkyl halides is 6. The third-order valence-electron chi connectivity index (χ3n) is 5.18. The summed E-state index contributed by atoms with van der Waals surface area (Å²) in [6.07, 6.45) is -4.93. The zero-order chi connectivity index (χ0) is 31.2. The Labute approximate surface area is 231 Å². The van der Waals surface area contributed by atoms with Crippen LogP contribution in [0.5, 0.6) is 5.75 Å². The highest BCUT2D eigenvalue weighted by Crippen LogP contribution is 2.43. The maximum absolute atomic E-state index is 10.6. The number of aromatic nitrogens is 4. The van der Waals surface area contributed by atoms with Crippen LogP contribution in [0.1, 0.15) is 5.56 Å². The predicted octanol–water partition coefficient (Wildman–Crippen LogP) is 5.40. The summed E-state index contributed by atoms with van der Waals surface area (Å²) in [5.41, 5.74) is 5.56. The van der Waals surface area contributed by atoms with Gasteiger partial charge in [-0.2, -0.15) is 31.6 Å². The molecule has 0 atom stereocenters. The molecule has 1 aliphatic rings. The summed E-state index contributed by atoms with van der Waals surface area (Å²) in [6.45, 7) is 0. The summed E-state index contributed by atoms with van der Waals surface area (Å²) in [5, 5.41) is 26.9. The first-order valence-electron chi connectivity index (χ1n) is 11.1. The maximum atomic E-state index is 10.6. The lowest BCUT2D eigenvalue weighted by Crippen LogP contribution is -2.21. The van der Waals surface area contributed by atoms with E-state index in [0.717, 1.165) is 33.8 Å². The highest BCUT2D eigenvalue weighted by molar-refractivity contribution is 5.95. The molecule has 3 aromatic heterocycles. The second-order valence-corrected chi connectivity index (χ2v) is 7.89. The van der Waals surface area contributed by atoms with Crippen LogP contribution in [-0.2, 0) is 9.59 Å². The van der Waals surface area contributed by atoms with Gasteiger partial charge in [-0.3, -0.25) is 4.98 Å². The lowest BCUT2D eigenvalue weighted by atomic mass is 10.1. The number of anilines is 2. The Kier molecular flexibility index (Phi) is 9.00. The predicted molar refractivity (Wildman–Crippen MR) is 132 cm³/mol. The highest BCUT2D eigenvalue weighted by atomic mass is 19.4. The smallest absolute Gasteiger partial charge is 0.490 e. The van der Waals surface area contributed by atoms with Crippen molar-refractivity contribution in [2.45, 2.75) is 12.4 Å². The molecule has 0 fully saturated rings. The number of nitrogens with one attached hydrogen (secondary N) is 2. The van der Waals surface area contributed by atoms with Gasteiger partial charge in [0.15, 0.2) is 0 Å². The second kappa shape index (κ2) is 12.2. The number of imidazole rings is 1. The van der Waals surface area contributed by atoms with E-state index in [1.807, 2.05) is 18.2 Å². The number of nitriles is 1. The molecule has 0 amide bonds. The van der Waals surface area contributed by atoms with Crippen LogP contribution in [0.4, 0.5) is 37.8 Å². The molecule has 0 saturated heterocycles. The molecule has 4 heterocycles. The van der Waals surface area contributed by atoms with Gasteiger partial charge in [-0.15, -0.1) is 0 Å². The normalized spacial score (nSPS) is 11.3. The van der Waals surface area contributed by atoms with E-state index in [1.165, 1.54) is 0 Å². The fourth-order valence-electron chi connectivity index (χ4n) is 3.39. The maximum Gasteiger partial charge on any atom is 0.490 e. The molecule has 4 aromatic rings. The zero-order valence-corrected chi connectivity index (χ0v) is 20.9. The number of rotatable bonds is 2. The molecule has 1 aliphatic heterocycles. The van der Waals surface area contributed by atoms with Crippen molar-refractivity contribution in [3.05, 3.63) is 60.6 Å². The molecule has 0 aliphatic carbocycles. The van der Waals surface area contributed by atoms with E-state index in [4.69, 9.17) is 29.5 Å². The Morgan fingerprint density at radius 3 is 2.17 bits per heavy atom. The molecule has 0 bridgehead atoms. The number of hydrogen-bond acceptors (Lipinski definition) is 8. The molecule has 4 N–H and O–H groups in total. The average Bonchev–Trinajstić information content (AvgIpc) is 3.32. The topological polar surface area (TPSA) is 174 Å². The Morgan fingerprint density at radius 1 is 0.952 bits per heavy atom. The van der Waals surface area contributed by atoms with Crippen molar-refractivity contribution in [2.75, 3.05) is 12.4 Å². The minimum Gasteiger partial charge on any atom is -0.496 e. The number of carboxylic acid groups (broad SMARTS) is 2. The molecular weight excluding hydrogens is 578 g/mol. The van der Waals surface area contributed by atoms with E-state index in [-0.39, 0.29) is 0 Å². The Balaban J connectivity index is 0.000000289. The molecule has 0 spiro atoms. The third-order valence-corrected chi connectivity index (χ3v) is 5.18. The van der Waals surface area contributed by atoms with Crippen molar-refractivity contribution >= 4 is 23.4 Å². The average molecular weight is 594 g/mol. The number of carbonyl (C=O) groups is 2. The van der Waals surface area contributed by atoms with Crippen LogP contribution in [0.15, 0.2) is 55.0 Å². The van der Waals surface area contributed by atoms with Crippen molar-refractivity contribution in [1.82, 2.24) is 19.9 Å². The van der Waals surface area contributed by atoms with Crippen LogP contribution in [0.25, 0.3) is 33.9 Å². The van der Waals surface area contributed by atoms with Gasteiger partial charge in [0, 0.05) is 23.5 Å². The van der Waals surface area contributed by atoms with Crippen LogP contribution >= 0.6 is 0 Å². The lowest BCUT2D eigenvalue weighted by molar-refractivity contribution is -0.193. The fourth-order valence-corrected chi connectivity index (χ4v) is 3.39. The van der Waals surface area contributed by atoms with Gasteiger partial charge in [0.2, 0.25) is 0 Å². The summed E-state index contributed by atoms with van der Waals surface area (Å²) in [4.78, 5) is 34.7. The van der Waals surface area contributed by atoms with Crippen LogP contribution in [0.3, 0.4) is 0 Å². The first kappa shape index (κ1) is 30.9. The molecule has 0 radical (unpaired) electrons. The van der Waals surface area contributed by atoms with Gasteiger partial charge in [0.05, 0.1) is 41.9 Å². The number of carboxylic acids is 2. The monoisotopic (exact) mass is 594 g/mol. The molecule has 17 heteroatoms. The zero-order valence-electron chi connectivity index (χ0n) is 20.9. The molecule has 0 unspecified atom stereocenters. The number of pyridine rings is 2. The van der Waals surface area contributed by atoms with E-state index < -0.39 is 24.3 Å². The fraction of sp³-hybridized carbons (Fsp3) is 0.120. The molecule has 1 aromatic carbocycles. The number of hydrogen-bond donors (Lipinski definition) is 4. The highest BCUT2D eigenvalue weighted by Gasteiger charge is 2.38. The second-order valence-electron chi connectivity index (χ2n) is 7.89. The summed E-state index contributed by atoms with van der Waals surface area (Å²) in [7, 11) is 1.60.